The van der Waals surface area contributed by atoms with Gasteiger partial charge in [-0.15, -0.1) is 0 Å². The first-order valence-corrected chi connectivity index (χ1v) is 6.35. The second kappa shape index (κ2) is 5.17. The van der Waals surface area contributed by atoms with Crippen molar-refractivity contribution in [3.05, 3.63) is 0 Å². The second-order valence-corrected chi connectivity index (χ2v) is 5.53. The van der Waals surface area contributed by atoms with Gasteiger partial charge in [0.25, 0.3) is 0 Å². The molecule has 0 radical (unpaired) electrons. The molecule has 1 aliphatic carbocycles. The van der Waals surface area contributed by atoms with E-state index in [1.807, 2.05) is 14.1 Å². The van der Waals surface area contributed by atoms with Gasteiger partial charge in [0.15, 0.2) is 0 Å². The molecule has 1 unspecified atom stereocenters. The van der Waals surface area contributed by atoms with Crippen LogP contribution in [-0.2, 0) is 4.79 Å². The van der Waals surface area contributed by atoms with Gasteiger partial charge in [-0.05, 0) is 33.2 Å². The van der Waals surface area contributed by atoms with Gasteiger partial charge in [0, 0.05) is 26.7 Å². The van der Waals surface area contributed by atoms with Crippen LogP contribution in [0.2, 0.25) is 0 Å². The molecule has 16 heavy (non-hydrogen) atoms. The van der Waals surface area contributed by atoms with Gasteiger partial charge >= 0.3 is 0 Å². The van der Waals surface area contributed by atoms with Gasteiger partial charge in [-0.2, -0.15) is 0 Å². The van der Waals surface area contributed by atoms with Crippen LogP contribution in [-0.4, -0.2) is 49.4 Å². The number of amides is 1. The van der Waals surface area contributed by atoms with Crippen molar-refractivity contribution in [2.45, 2.75) is 45.6 Å². The highest BCUT2D eigenvalue weighted by molar-refractivity contribution is 5.85. The molecule has 0 bridgehead atoms. The van der Waals surface area contributed by atoms with Crippen LogP contribution in [0.1, 0.15) is 39.5 Å². The predicted molar refractivity (Wildman–Crippen MR) is 67.4 cm³/mol. The van der Waals surface area contributed by atoms with E-state index in [2.05, 4.69) is 25.8 Å². The summed E-state index contributed by atoms with van der Waals surface area (Å²) in [4.78, 5) is 16.1. The highest BCUT2D eigenvalue weighted by atomic mass is 16.2. The molecule has 1 atom stereocenters. The van der Waals surface area contributed by atoms with Gasteiger partial charge in [-0.1, -0.05) is 13.3 Å². The van der Waals surface area contributed by atoms with Crippen LogP contribution >= 0.6 is 0 Å². The highest BCUT2D eigenvalue weighted by Gasteiger charge is 2.51. The molecule has 0 aliphatic heterocycles. The van der Waals surface area contributed by atoms with Gasteiger partial charge in [-0.3, -0.25) is 4.79 Å². The molecule has 0 aromatic carbocycles. The predicted octanol–water partition coefficient (Wildman–Crippen LogP) is 1.98. The number of rotatable bonds is 6. The maximum atomic E-state index is 12.0. The van der Waals surface area contributed by atoms with E-state index in [0.717, 1.165) is 19.4 Å². The maximum absolute atomic E-state index is 12.0. The smallest absolute Gasteiger partial charge is 0.229 e. The minimum atomic E-state index is -0.0553. The summed E-state index contributed by atoms with van der Waals surface area (Å²) in [5, 5.41) is 0. The first-order chi connectivity index (χ1) is 7.43. The number of hydrogen-bond acceptors (Lipinski definition) is 2. The molecule has 0 aromatic heterocycles. The topological polar surface area (TPSA) is 23.6 Å². The van der Waals surface area contributed by atoms with Crippen molar-refractivity contribution >= 4 is 5.91 Å². The molecule has 1 amide bonds. The van der Waals surface area contributed by atoms with Crippen molar-refractivity contribution in [3.63, 3.8) is 0 Å². The Hall–Kier alpha value is -0.570. The molecule has 0 aromatic rings. The number of carbonyl (C=O) groups excluding carboxylic acids is 1. The first kappa shape index (κ1) is 13.5. The molecule has 0 spiro atoms. The van der Waals surface area contributed by atoms with Crippen molar-refractivity contribution in [1.29, 1.82) is 0 Å². The quantitative estimate of drug-likeness (QED) is 0.691. The summed E-state index contributed by atoms with van der Waals surface area (Å²) in [6.45, 7) is 5.38. The molecule has 0 N–H and O–H groups in total. The van der Waals surface area contributed by atoms with E-state index < -0.39 is 0 Å². The summed E-state index contributed by atoms with van der Waals surface area (Å²) in [5.41, 5.74) is -0.0553. The lowest BCUT2D eigenvalue weighted by molar-refractivity contribution is -0.135. The van der Waals surface area contributed by atoms with E-state index in [1.54, 1.807) is 4.90 Å². The zero-order chi connectivity index (χ0) is 12.3. The number of nitrogens with zero attached hydrogens (tertiary/aromatic N) is 2. The molecule has 1 aliphatic rings. The third kappa shape index (κ3) is 2.97. The second-order valence-electron chi connectivity index (χ2n) is 5.53. The molecular weight excluding hydrogens is 200 g/mol. The summed E-state index contributed by atoms with van der Waals surface area (Å²) in [7, 11) is 5.86. The molecule has 0 saturated heterocycles. The highest BCUT2D eigenvalue weighted by Crippen LogP contribution is 2.47. The number of carbonyl (C=O) groups is 1. The van der Waals surface area contributed by atoms with Gasteiger partial charge < -0.3 is 9.80 Å². The lowest BCUT2D eigenvalue weighted by atomic mass is 10.0. The lowest BCUT2D eigenvalue weighted by Crippen LogP contribution is -2.41. The van der Waals surface area contributed by atoms with Gasteiger partial charge in [0.2, 0.25) is 5.91 Å². The van der Waals surface area contributed by atoms with Crippen LogP contribution in [0.5, 0.6) is 0 Å². The Labute approximate surface area is 99.8 Å². The van der Waals surface area contributed by atoms with Crippen LogP contribution in [0.15, 0.2) is 0 Å². The van der Waals surface area contributed by atoms with Crippen molar-refractivity contribution in [2.75, 3.05) is 27.7 Å². The molecule has 3 nitrogen and oxygen atoms in total. The minimum absolute atomic E-state index is 0.0553. The SMILES string of the molecule is CCCC(C)N(C)CC1(C(=O)N(C)C)CC1. The monoisotopic (exact) mass is 226 g/mol. The Morgan fingerprint density at radius 2 is 1.88 bits per heavy atom. The molecule has 3 heteroatoms. The van der Waals surface area contributed by atoms with E-state index >= 15 is 0 Å². The van der Waals surface area contributed by atoms with Crippen LogP contribution in [0.3, 0.4) is 0 Å². The number of hydrogen-bond donors (Lipinski definition) is 0. The normalized spacial score (nSPS) is 19.6. The summed E-state index contributed by atoms with van der Waals surface area (Å²) < 4.78 is 0. The molecule has 1 fully saturated rings. The summed E-state index contributed by atoms with van der Waals surface area (Å²) in [5.74, 6) is 0.308. The Balaban J connectivity index is 2.50. The average Bonchev–Trinajstić information content (AvgIpc) is 2.98. The van der Waals surface area contributed by atoms with Crippen LogP contribution < -0.4 is 0 Å². The van der Waals surface area contributed by atoms with E-state index in [0.29, 0.717) is 11.9 Å². The van der Waals surface area contributed by atoms with Crippen LogP contribution in [0.25, 0.3) is 0 Å². The maximum Gasteiger partial charge on any atom is 0.229 e. The minimum Gasteiger partial charge on any atom is -0.348 e. The van der Waals surface area contributed by atoms with Crippen LogP contribution in [0.4, 0.5) is 0 Å². The van der Waals surface area contributed by atoms with Gasteiger partial charge in [0.1, 0.15) is 0 Å². The standard InChI is InChI=1S/C13H26N2O/c1-6-7-11(2)15(5)10-13(8-9-13)12(16)14(3)4/h11H,6-10H2,1-5H3. The van der Waals surface area contributed by atoms with E-state index in [9.17, 15) is 4.79 Å². The molecule has 0 heterocycles. The van der Waals surface area contributed by atoms with Crippen LogP contribution in [0, 0.1) is 5.41 Å². The fourth-order valence-electron chi connectivity index (χ4n) is 2.34. The summed E-state index contributed by atoms with van der Waals surface area (Å²) in [6.07, 6.45) is 4.54. The van der Waals surface area contributed by atoms with E-state index in [-0.39, 0.29) is 5.41 Å². The van der Waals surface area contributed by atoms with E-state index in [1.165, 1.54) is 12.8 Å². The third-order valence-corrected chi connectivity index (χ3v) is 3.72. The third-order valence-electron chi connectivity index (χ3n) is 3.72. The van der Waals surface area contributed by atoms with Crippen molar-refractivity contribution in [2.24, 2.45) is 5.41 Å². The van der Waals surface area contributed by atoms with E-state index in [4.69, 9.17) is 0 Å². The summed E-state index contributed by atoms with van der Waals surface area (Å²) >= 11 is 0. The average molecular weight is 226 g/mol. The van der Waals surface area contributed by atoms with Gasteiger partial charge in [-0.25, -0.2) is 0 Å². The summed E-state index contributed by atoms with van der Waals surface area (Å²) in [6, 6.07) is 0.581. The Kier molecular flexibility index (Phi) is 4.36. The Bertz CT molecular complexity index is 246. The lowest BCUT2D eigenvalue weighted by Gasteiger charge is -2.29. The molecular formula is C13H26N2O. The zero-order valence-corrected chi connectivity index (χ0v) is 11.4. The fraction of sp³-hybridized carbons (Fsp3) is 0.923. The van der Waals surface area contributed by atoms with Crippen molar-refractivity contribution in [1.82, 2.24) is 9.80 Å². The Morgan fingerprint density at radius 1 is 1.31 bits per heavy atom. The Morgan fingerprint density at radius 3 is 2.25 bits per heavy atom. The first-order valence-electron chi connectivity index (χ1n) is 6.35. The largest absolute Gasteiger partial charge is 0.348 e. The van der Waals surface area contributed by atoms with Crippen molar-refractivity contribution < 1.29 is 4.79 Å². The molecule has 94 valence electrons. The van der Waals surface area contributed by atoms with Crippen molar-refractivity contribution in [3.8, 4) is 0 Å². The van der Waals surface area contributed by atoms with Gasteiger partial charge in [0.05, 0.1) is 5.41 Å². The zero-order valence-electron chi connectivity index (χ0n) is 11.4. The molecule has 1 rings (SSSR count). The molecule has 1 saturated carbocycles. The fourth-order valence-corrected chi connectivity index (χ4v) is 2.34.